The fourth-order valence-electron chi connectivity index (χ4n) is 5.74. The van der Waals surface area contributed by atoms with Gasteiger partial charge in [0, 0.05) is 28.9 Å². The fourth-order valence-corrected chi connectivity index (χ4v) is 5.74. The van der Waals surface area contributed by atoms with E-state index >= 15 is 0 Å². The second-order valence-corrected chi connectivity index (χ2v) is 10.4. The molecule has 4 N–H and O–H groups in total. The Kier molecular flexibility index (Phi) is 7.99. The van der Waals surface area contributed by atoms with Gasteiger partial charge in [0.05, 0.1) is 24.7 Å². The summed E-state index contributed by atoms with van der Waals surface area (Å²) in [6, 6.07) is 8.93. The number of amides is 3. The van der Waals surface area contributed by atoms with Crippen LogP contribution in [0.25, 0.3) is 0 Å². The predicted molar refractivity (Wildman–Crippen MR) is 138 cm³/mol. The van der Waals surface area contributed by atoms with E-state index in [0.717, 1.165) is 43.4 Å². The van der Waals surface area contributed by atoms with E-state index < -0.39 is 30.0 Å². The number of urea groups is 1. The molecule has 1 saturated carbocycles. The maximum absolute atomic E-state index is 12.8. The summed E-state index contributed by atoms with van der Waals surface area (Å²) < 4.78 is 50.4. The van der Waals surface area contributed by atoms with E-state index in [1.54, 1.807) is 18.2 Å². The van der Waals surface area contributed by atoms with Crippen molar-refractivity contribution in [2.45, 2.75) is 81.4 Å². The summed E-state index contributed by atoms with van der Waals surface area (Å²) >= 11 is 0. The largest absolute Gasteiger partial charge is 0.487 e. The van der Waals surface area contributed by atoms with Gasteiger partial charge in [0.15, 0.2) is 0 Å². The molecular formula is C28H32F3N3O5. The van der Waals surface area contributed by atoms with Gasteiger partial charge >= 0.3 is 12.2 Å². The molecule has 0 aromatic heterocycles. The quantitative estimate of drug-likeness (QED) is 0.399. The Hall–Kier alpha value is -3.31. The number of fused-ring (bicyclic) bond motifs is 3. The molecule has 4 atom stereocenters. The maximum atomic E-state index is 12.8. The topological polar surface area (TPSA) is 109 Å². The van der Waals surface area contributed by atoms with Gasteiger partial charge in [0.25, 0.3) is 0 Å². The van der Waals surface area contributed by atoms with Crippen molar-refractivity contribution in [2.24, 2.45) is 0 Å². The number of anilines is 2. The minimum atomic E-state index is -4.46. The van der Waals surface area contributed by atoms with Crippen LogP contribution in [0.15, 0.2) is 42.5 Å². The molecule has 2 aliphatic heterocycles. The van der Waals surface area contributed by atoms with Crippen molar-refractivity contribution in [3.8, 4) is 5.75 Å². The van der Waals surface area contributed by atoms with Gasteiger partial charge in [-0.3, -0.25) is 4.79 Å². The molecule has 3 amide bonds. The first kappa shape index (κ1) is 27.3. The molecule has 0 unspecified atom stereocenters. The van der Waals surface area contributed by atoms with Gasteiger partial charge in [-0.15, -0.1) is 0 Å². The first-order chi connectivity index (χ1) is 18.7. The molecular weight excluding hydrogens is 515 g/mol. The second-order valence-electron chi connectivity index (χ2n) is 10.4. The monoisotopic (exact) mass is 547 g/mol. The van der Waals surface area contributed by atoms with Gasteiger partial charge in [-0.1, -0.05) is 19.3 Å². The Balaban J connectivity index is 1.22. The molecule has 5 rings (SSSR count). The van der Waals surface area contributed by atoms with Crippen LogP contribution in [0.4, 0.5) is 29.3 Å². The molecule has 3 aliphatic rings. The number of aliphatic hydroxyl groups is 1. The summed E-state index contributed by atoms with van der Waals surface area (Å²) in [4.78, 5) is 25.2. The zero-order chi connectivity index (χ0) is 27.6. The van der Waals surface area contributed by atoms with E-state index in [1.165, 1.54) is 18.6 Å². The number of nitrogens with one attached hydrogen (secondary N) is 3. The third-order valence-corrected chi connectivity index (χ3v) is 7.61. The lowest BCUT2D eigenvalue weighted by atomic mass is 9.84. The van der Waals surface area contributed by atoms with Crippen LogP contribution in [0, 0.1) is 0 Å². The van der Waals surface area contributed by atoms with Crippen molar-refractivity contribution >= 4 is 23.3 Å². The second kappa shape index (κ2) is 11.4. The van der Waals surface area contributed by atoms with Gasteiger partial charge in [0.1, 0.15) is 18.0 Å². The van der Waals surface area contributed by atoms with Crippen LogP contribution in [0.3, 0.4) is 0 Å². The molecule has 2 aromatic rings. The number of aliphatic hydroxyl groups excluding tert-OH is 1. The zero-order valence-corrected chi connectivity index (χ0v) is 21.3. The van der Waals surface area contributed by atoms with Gasteiger partial charge in [-0.2, -0.15) is 13.2 Å². The van der Waals surface area contributed by atoms with E-state index in [-0.39, 0.29) is 42.7 Å². The highest BCUT2D eigenvalue weighted by molar-refractivity contribution is 5.99. The minimum absolute atomic E-state index is 0.0588. The summed E-state index contributed by atoms with van der Waals surface area (Å²) in [7, 11) is 0. The van der Waals surface area contributed by atoms with Crippen LogP contribution in [0.2, 0.25) is 0 Å². The van der Waals surface area contributed by atoms with Crippen LogP contribution >= 0.6 is 0 Å². The van der Waals surface area contributed by atoms with E-state index in [2.05, 4.69) is 16.0 Å². The average Bonchev–Trinajstić information content (AvgIpc) is 3.26. The van der Waals surface area contributed by atoms with Crippen LogP contribution in [0.5, 0.6) is 5.75 Å². The highest BCUT2D eigenvalue weighted by Crippen LogP contribution is 2.47. The standard InChI is InChI=1S/C28H32F3N3O5/c29-28(30,31)16-6-8-18(9-7-16)33-27(37)34-19-10-11-23-21(12-19)22-13-20(38-24(15-35)26(22)39-23)14-25(36)32-17-4-2-1-3-5-17/h6-12,17,20,22,24,26,35H,1-5,13-15H2,(H,32,36)(H2,33,34,37)/t20-,22-,24-,26+/m1/s1. The number of carbonyl (C=O) groups excluding carboxylic acids is 2. The number of ether oxygens (including phenoxy) is 2. The molecule has 1 saturated heterocycles. The Bertz CT molecular complexity index is 1180. The Labute approximate surface area is 224 Å². The maximum Gasteiger partial charge on any atom is 0.416 e. The Morgan fingerprint density at radius 3 is 2.36 bits per heavy atom. The molecule has 0 spiro atoms. The van der Waals surface area contributed by atoms with Gasteiger partial charge < -0.3 is 30.5 Å². The smallest absolute Gasteiger partial charge is 0.416 e. The van der Waals surface area contributed by atoms with E-state index in [1.807, 2.05) is 0 Å². The minimum Gasteiger partial charge on any atom is -0.487 e. The summed E-state index contributed by atoms with van der Waals surface area (Å²) in [5, 5.41) is 18.3. The average molecular weight is 548 g/mol. The summed E-state index contributed by atoms with van der Waals surface area (Å²) in [5.74, 6) is 0.419. The van der Waals surface area contributed by atoms with Gasteiger partial charge in [-0.05, 0) is 61.7 Å². The zero-order valence-electron chi connectivity index (χ0n) is 21.3. The van der Waals surface area contributed by atoms with Crippen LogP contribution in [-0.4, -0.2) is 48.0 Å². The summed E-state index contributed by atoms with van der Waals surface area (Å²) in [6.07, 6.45) is 0.279. The van der Waals surface area contributed by atoms with Crippen molar-refractivity contribution in [1.29, 1.82) is 0 Å². The number of hydrogen-bond acceptors (Lipinski definition) is 5. The van der Waals surface area contributed by atoms with Crippen molar-refractivity contribution < 1.29 is 37.3 Å². The molecule has 8 nitrogen and oxygen atoms in total. The van der Waals surface area contributed by atoms with E-state index in [0.29, 0.717) is 17.9 Å². The van der Waals surface area contributed by atoms with Crippen molar-refractivity contribution in [3.05, 3.63) is 53.6 Å². The van der Waals surface area contributed by atoms with Gasteiger partial charge in [0.2, 0.25) is 5.91 Å². The molecule has 210 valence electrons. The SMILES string of the molecule is O=C(C[C@H]1C[C@@H]2c3cc(NC(=O)Nc4ccc(C(F)(F)F)cc4)ccc3O[C@@H]2[C@@H](CO)O1)NC1CCCCC1. The van der Waals surface area contributed by atoms with Crippen molar-refractivity contribution in [1.82, 2.24) is 5.32 Å². The lowest BCUT2D eigenvalue weighted by Gasteiger charge is -2.37. The van der Waals surface area contributed by atoms with Crippen LogP contribution in [0.1, 0.15) is 62.0 Å². The first-order valence-corrected chi connectivity index (χ1v) is 13.3. The number of halogens is 3. The van der Waals surface area contributed by atoms with Crippen LogP contribution in [-0.2, 0) is 15.7 Å². The first-order valence-electron chi connectivity index (χ1n) is 13.3. The van der Waals surface area contributed by atoms with Crippen LogP contribution < -0.4 is 20.7 Å². The molecule has 2 heterocycles. The molecule has 0 radical (unpaired) electrons. The number of benzene rings is 2. The highest BCUT2D eigenvalue weighted by Gasteiger charge is 2.46. The number of alkyl halides is 3. The van der Waals surface area contributed by atoms with E-state index in [9.17, 15) is 27.9 Å². The molecule has 1 aliphatic carbocycles. The molecule has 2 aromatic carbocycles. The lowest BCUT2D eigenvalue weighted by Crippen LogP contribution is -2.48. The summed E-state index contributed by atoms with van der Waals surface area (Å²) in [5.41, 5.74) is 0.728. The normalized spacial score (nSPS) is 24.7. The summed E-state index contributed by atoms with van der Waals surface area (Å²) in [6.45, 7) is -0.253. The number of rotatable bonds is 6. The number of carbonyl (C=O) groups is 2. The predicted octanol–water partition coefficient (Wildman–Crippen LogP) is 5.18. The lowest BCUT2D eigenvalue weighted by molar-refractivity contribution is -0.143. The third-order valence-electron chi connectivity index (χ3n) is 7.61. The fraction of sp³-hybridized carbons (Fsp3) is 0.500. The molecule has 0 bridgehead atoms. The Morgan fingerprint density at radius 1 is 0.974 bits per heavy atom. The molecule has 39 heavy (non-hydrogen) atoms. The third kappa shape index (κ3) is 6.47. The van der Waals surface area contributed by atoms with E-state index in [4.69, 9.17) is 9.47 Å². The van der Waals surface area contributed by atoms with Crippen molar-refractivity contribution in [2.75, 3.05) is 17.2 Å². The molecule has 11 heteroatoms. The molecule has 2 fully saturated rings. The number of hydrogen-bond donors (Lipinski definition) is 4. The van der Waals surface area contributed by atoms with Gasteiger partial charge in [-0.25, -0.2) is 4.79 Å². The highest BCUT2D eigenvalue weighted by atomic mass is 19.4. The Morgan fingerprint density at radius 2 is 1.67 bits per heavy atom. The van der Waals surface area contributed by atoms with Crippen molar-refractivity contribution in [3.63, 3.8) is 0 Å².